The van der Waals surface area contributed by atoms with Crippen LogP contribution in [0.1, 0.15) is 20.8 Å². The Labute approximate surface area is 92.5 Å². The Hall–Kier alpha value is -0.810. The second kappa shape index (κ2) is 15.7. The third-order valence-corrected chi connectivity index (χ3v) is 1.34. The molecule has 0 aromatic heterocycles. The minimum atomic E-state index is -0.187. The first kappa shape index (κ1) is 16.6. The summed E-state index contributed by atoms with van der Waals surface area (Å²) in [5.41, 5.74) is 0. The van der Waals surface area contributed by atoms with Crippen LogP contribution in [0.15, 0.2) is 0 Å². The smallest absolute Gasteiger partial charge is 0.314 e. The number of rotatable bonds is 7. The minimum absolute atomic E-state index is 0.187. The van der Waals surface area contributed by atoms with Gasteiger partial charge in [0.05, 0.1) is 19.8 Å². The van der Waals surface area contributed by atoms with Gasteiger partial charge in [-0.25, -0.2) is 4.79 Å². The Bertz CT molecular complexity index is 132. The Kier molecular flexibility index (Phi) is 17.3. The number of carbonyl (C=O) groups is 1. The van der Waals surface area contributed by atoms with Gasteiger partial charge >= 0.3 is 6.03 Å². The van der Waals surface area contributed by atoms with Gasteiger partial charge < -0.3 is 20.1 Å². The molecule has 0 saturated carbocycles. The van der Waals surface area contributed by atoms with E-state index in [-0.39, 0.29) is 6.03 Å². The van der Waals surface area contributed by atoms with E-state index < -0.39 is 0 Å². The first-order valence-corrected chi connectivity index (χ1v) is 5.42. The van der Waals surface area contributed by atoms with Gasteiger partial charge in [-0.1, -0.05) is 13.8 Å². The van der Waals surface area contributed by atoms with Crippen molar-refractivity contribution in [3.05, 3.63) is 0 Å². The van der Waals surface area contributed by atoms with Gasteiger partial charge in [0.25, 0.3) is 0 Å². The molecule has 0 radical (unpaired) electrons. The maximum atomic E-state index is 10.6. The van der Waals surface area contributed by atoms with Gasteiger partial charge in [-0.3, -0.25) is 0 Å². The summed E-state index contributed by atoms with van der Waals surface area (Å²) in [5.74, 6) is 0. The van der Waals surface area contributed by atoms with E-state index in [0.29, 0.717) is 33.0 Å². The summed E-state index contributed by atoms with van der Waals surface area (Å²) in [5, 5.41) is 5.05. The zero-order chi connectivity index (χ0) is 11.9. The van der Waals surface area contributed by atoms with Crippen molar-refractivity contribution in [2.75, 3.05) is 40.0 Å². The number of ether oxygens (including phenoxy) is 2. The molecule has 2 N–H and O–H groups in total. The van der Waals surface area contributed by atoms with Crippen molar-refractivity contribution in [2.45, 2.75) is 20.8 Å². The van der Waals surface area contributed by atoms with E-state index in [0.717, 1.165) is 0 Å². The third kappa shape index (κ3) is 15.9. The van der Waals surface area contributed by atoms with Crippen molar-refractivity contribution in [3.8, 4) is 0 Å². The highest BCUT2D eigenvalue weighted by Gasteiger charge is 1.93. The molecule has 0 rings (SSSR count). The lowest BCUT2D eigenvalue weighted by Gasteiger charge is -2.05. The van der Waals surface area contributed by atoms with Crippen molar-refractivity contribution in [1.29, 1.82) is 0 Å². The lowest BCUT2D eigenvalue weighted by atomic mass is 10.6. The molecule has 0 fully saturated rings. The molecule has 0 bridgehead atoms. The van der Waals surface area contributed by atoms with Gasteiger partial charge in [-0.2, -0.15) is 0 Å². The normalized spacial score (nSPS) is 8.80. The summed E-state index contributed by atoms with van der Waals surface area (Å²) in [6.07, 6.45) is 0. The average Bonchev–Trinajstić information content (AvgIpc) is 2.30. The molecular formula is C10H24N2O3. The predicted molar refractivity (Wildman–Crippen MR) is 61.1 cm³/mol. The largest absolute Gasteiger partial charge is 0.379 e. The van der Waals surface area contributed by atoms with E-state index >= 15 is 0 Å². The molecule has 0 spiro atoms. The Balaban J connectivity index is 0. The molecule has 0 aliphatic rings. The maximum Gasteiger partial charge on any atom is 0.314 e. The molecule has 5 heteroatoms. The number of hydrogen-bond acceptors (Lipinski definition) is 3. The molecule has 0 aromatic carbocycles. The summed E-state index contributed by atoms with van der Waals surface area (Å²) >= 11 is 0. The van der Waals surface area contributed by atoms with Crippen LogP contribution in [-0.4, -0.2) is 46.1 Å². The number of nitrogens with one attached hydrogen (secondary N) is 2. The van der Waals surface area contributed by atoms with Gasteiger partial charge in [0.2, 0.25) is 0 Å². The zero-order valence-corrected chi connectivity index (χ0v) is 10.3. The molecule has 0 aliphatic heterocycles. The monoisotopic (exact) mass is 220 g/mol. The van der Waals surface area contributed by atoms with E-state index in [1.54, 1.807) is 7.05 Å². The highest BCUT2D eigenvalue weighted by molar-refractivity contribution is 5.73. The second-order valence-corrected chi connectivity index (χ2v) is 2.32. The quantitative estimate of drug-likeness (QED) is 0.629. The fourth-order valence-corrected chi connectivity index (χ4v) is 0.689. The number of amides is 2. The van der Waals surface area contributed by atoms with Crippen LogP contribution in [0.3, 0.4) is 0 Å². The van der Waals surface area contributed by atoms with Crippen molar-refractivity contribution < 1.29 is 14.3 Å². The van der Waals surface area contributed by atoms with E-state index in [4.69, 9.17) is 9.47 Å². The molecule has 0 atom stereocenters. The molecule has 0 aromatic rings. The predicted octanol–water partition coefficient (Wildman–Crippen LogP) is 0.995. The SMILES string of the molecule is CC.CCOCCOCCNC(=O)NC. The fourth-order valence-electron chi connectivity index (χ4n) is 0.689. The van der Waals surface area contributed by atoms with Crippen molar-refractivity contribution in [2.24, 2.45) is 0 Å². The van der Waals surface area contributed by atoms with E-state index in [2.05, 4.69) is 10.6 Å². The van der Waals surface area contributed by atoms with Crippen LogP contribution in [0.2, 0.25) is 0 Å². The number of carbonyl (C=O) groups excluding carboxylic acids is 1. The standard InChI is InChI=1S/C8H18N2O3.C2H6/c1-3-12-6-7-13-5-4-10-8(11)9-2;1-2/h3-7H2,1-2H3,(H2,9,10,11);1-2H3. The Morgan fingerprint density at radius 3 is 2.27 bits per heavy atom. The Morgan fingerprint density at radius 1 is 1.13 bits per heavy atom. The highest BCUT2D eigenvalue weighted by Crippen LogP contribution is 1.77. The molecule has 15 heavy (non-hydrogen) atoms. The lowest BCUT2D eigenvalue weighted by Crippen LogP contribution is -2.35. The third-order valence-electron chi connectivity index (χ3n) is 1.34. The topological polar surface area (TPSA) is 59.6 Å². The van der Waals surface area contributed by atoms with Crippen LogP contribution in [-0.2, 0) is 9.47 Å². The molecule has 0 saturated heterocycles. The molecule has 92 valence electrons. The van der Waals surface area contributed by atoms with Crippen LogP contribution in [0.5, 0.6) is 0 Å². The molecule has 2 amide bonds. The summed E-state index contributed by atoms with van der Waals surface area (Å²) in [6.45, 7) is 8.86. The van der Waals surface area contributed by atoms with Crippen LogP contribution < -0.4 is 10.6 Å². The van der Waals surface area contributed by atoms with E-state index in [1.807, 2.05) is 20.8 Å². The summed E-state index contributed by atoms with van der Waals surface area (Å²) in [7, 11) is 1.57. The van der Waals surface area contributed by atoms with Crippen molar-refractivity contribution in [1.82, 2.24) is 10.6 Å². The first-order valence-electron chi connectivity index (χ1n) is 5.42. The molecule has 5 nitrogen and oxygen atoms in total. The van der Waals surface area contributed by atoms with Crippen LogP contribution >= 0.6 is 0 Å². The molecule has 0 unspecified atom stereocenters. The fraction of sp³-hybridized carbons (Fsp3) is 0.900. The lowest BCUT2D eigenvalue weighted by molar-refractivity contribution is 0.0546. The van der Waals surface area contributed by atoms with Crippen LogP contribution in [0, 0.1) is 0 Å². The average molecular weight is 220 g/mol. The molecule has 0 heterocycles. The minimum Gasteiger partial charge on any atom is -0.379 e. The van der Waals surface area contributed by atoms with Gasteiger partial charge in [0.15, 0.2) is 0 Å². The summed E-state index contributed by atoms with van der Waals surface area (Å²) in [6, 6.07) is -0.187. The van der Waals surface area contributed by atoms with E-state index in [9.17, 15) is 4.79 Å². The van der Waals surface area contributed by atoms with E-state index in [1.165, 1.54) is 0 Å². The molecular weight excluding hydrogens is 196 g/mol. The van der Waals surface area contributed by atoms with Gasteiger partial charge in [0.1, 0.15) is 0 Å². The van der Waals surface area contributed by atoms with Crippen LogP contribution in [0.4, 0.5) is 4.79 Å². The summed E-state index contributed by atoms with van der Waals surface area (Å²) < 4.78 is 10.2. The van der Waals surface area contributed by atoms with Crippen LogP contribution in [0.25, 0.3) is 0 Å². The van der Waals surface area contributed by atoms with Crippen molar-refractivity contribution in [3.63, 3.8) is 0 Å². The van der Waals surface area contributed by atoms with Crippen molar-refractivity contribution >= 4 is 6.03 Å². The summed E-state index contributed by atoms with van der Waals surface area (Å²) in [4.78, 5) is 10.6. The zero-order valence-electron chi connectivity index (χ0n) is 10.3. The van der Waals surface area contributed by atoms with Gasteiger partial charge in [-0.05, 0) is 6.92 Å². The first-order chi connectivity index (χ1) is 7.31. The van der Waals surface area contributed by atoms with Gasteiger partial charge in [-0.15, -0.1) is 0 Å². The maximum absolute atomic E-state index is 10.6. The molecule has 0 aliphatic carbocycles. The number of urea groups is 1. The highest BCUT2D eigenvalue weighted by atomic mass is 16.5. The number of hydrogen-bond donors (Lipinski definition) is 2. The Morgan fingerprint density at radius 2 is 1.73 bits per heavy atom. The van der Waals surface area contributed by atoms with Gasteiger partial charge in [0, 0.05) is 20.2 Å². The second-order valence-electron chi connectivity index (χ2n) is 2.32.